The molecule has 0 spiro atoms. The van der Waals surface area contributed by atoms with Crippen LogP contribution < -0.4 is 0 Å². The van der Waals surface area contributed by atoms with E-state index in [2.05, 4.69) is 46.4 Å². The standard InChI is InChI=1S/C13H20/c1-6-9(2)10(3)7-8-13-11(4)12(13)5/h8-9,11H,6H2,1-5H3. The molecule has 0 aromatic rings. The molecular formula is C13H20. The number of rotatable bonds is 3. The number of hydrogen-bond donors (Lipinski definition) is 0. The maximum Gasteiger partial charge on any atom is 0.00291 e. The van der Waals surface area contributed by atoms with Crippen molar-refractivity contribution in [3.05, 3.63) is 28.5 Å². The summed E-state index contributed by atoms with van der Waals surface area (Å²) in [5.41, 5.74) is 7.79. The Kier molecular flexibility index (Phi) is 3.17. The van der Waals surface area contributed by atoms with Gasteiger partial charge in [0.2, 0.25) is 0 Å². The second-order valence-corrected chi connectivity index (χ2v) is 4.14. The minimum Gasteiger partial charge on any atom is -0.121 e. The molecule has 0 radical (unpaired) electrons. The Bertz CT molecular complexity index is 285. The average molecular weight is 176 g/mol. The van der Waals surface area contributed by atoms with Gasteiger partial charge < -0.3 is 0 Å². The normalized spacial score (nSPS) is 22.4. The van der Waals surface area contributed by atoms with E-state index >= 15 is 0 Å². The van der Waals surface area contributed by atoms with E-state index in [9.17, 15) is 0 Å². The van der Waals surface area contributed by atoms with E-state index in [4.69, 9.17) is 0 Å². The highest BCUT2D eigenvalue weighted by molar-refractivity contribution is 5.46. The van der Waals surface area contributed by atoms with Gasteiger partial charge in [0, 0.05) is 5.92 Å². The quantitative estimate of drug-likeness (QED) is 0.568. The molecule has 0 fully saturated rings. The predicted molar refractivity (Wildman–Crippen MR) is 58.6 cm³/mol. The van der Waals surface area contributed by atoms with Gasteiger partial charge in [-0.2, -0.15) is 0 Å². The first kappa shape index (κ1) is 10.3. The summed E-state index contributed by atoms with van der Waals surface area (Å²) in [6.07, 6.45) is 3.38. The molecule has 2 atom stereocenters. The summed E-state index contributed by atoms with van der Waals surface area (Å²) in [5.74, 6) is 1.39. The Hall–Kier alpha value is -0.740. The van der Waals surface area contributed by atoms with Crippen LogP contribution in [0.15, 0.2) is 28.5 Å². The smallest absolute Gasteiger partial charge is 0.00291 e. The minimum atomic E-state index is 0.672. The SMILES string of the molecule is CCC(C)C(C)=C=CC1=C(C)C1C. The largest absolute Gasteiger partial charge is 0.121 e. The zero-order chi connectivity index (χ0) is 10.0. The van der Waals surface area contributed by atoms with Gasteiger partial charge in [0.05, 0.1) is 0 Å². The summed E-state index contributed by atoms with van der Waals surface area (Å²) in [6, 6.07) is 0. The van der Waals surface area contributed by atoms with Crippen molar-refractivity contribution < 1.29 is 0 Å². The monoisotopic (exact) mass is 176 g/mol. The molecule has 2 unspecified atom stereocenters. The van der Waals surface area contributed by atoms with Gasteiger partial charge in [0.25, 0.3) is 0 Å². The van der Waals surface area contributed by atoms with Crippen LogP contribution in [0.2, 0.25) is 0 Å². The lowest BCUT2D eigenvalue weighted by Crippen LogP contribution is -1.91. The fourth-order valence-corrected chi connectivity index (χ4v) is 1.39. The summed E-state index contributed by atoms with van der Waals surface area (Å²) in [5, 5.41) is 0. The number of allylic oxidation sites excluding steroid dienone is 3. The van der Waals surface area contributed by atoms with Gasteiger partial charge in [0.1, 0.15) is 0 Å². The van der Waals surface area contributed by atoms with Gasteiger partial charge in [-0.05, 0) is 43.4 Å². The topological polar surface area (TPSA) is 0 Å². The third-order valence-electron chi connectivity index (χ3n) is 3.29. The molecule has 0 aliphatic heterocycles. The van der Waals surface area contributed by atoms with Gasteiger partial charge in [-0.25, -0.2) is 0 Å². The van der Waals surface area contributed by atoms with Gasteiger partial charge in [-0.15, -0.1) is 5.73 Å². The highest BCUT2D eigenvalue weighted by atomic mass is 14.3. The molecule has 0 saturated carbocycles. The summed E-state index contributed by atoms with van der Waals surface area (Å²) < 4.78 is 0. The van der Waals surface area contributed by atoms with E-state index in [1.54, 1.807) is 0 Å². The van der Waals surface area contributed by atoms with Crippen molar-refractivity contribution in [2.75, 3.05) is 0 Å². The molecule has 0 saturated heterocycles. The highest BCUT2D eigenvalue weighted by Crippen LogP contribution is 2.38. The second kappa shape index (κ2) is 3.98. The summed E-state index contributed by atoms with van der Waals surface area (Å²) in [7, 11) is 0. The van der Waals surface area contributed by atoms with Crippen LogP contribution in [0.4, 0.5) is 0 Å². The maximum atomic E-state index is 3.39. The molecule has 72 valence electrons. The molecule has 0 aromatic carbocycles. The van der Waals surface area contributed by atoms with Gasteiger partial charge in [0.15, 0.2) is 0 Å². The van der Waals surface area contributed by atoms with E-state index in [1.807, 2.05) is 0 Å². The summed E-state index contributed by atoms with van der Waals surface area (Å²) in [4.78, 5) is 0. The van der Waals surface area contributed by atoms with Gasteiger partial charge in [-0.1, -0.05) is 26.3 Å². The Morgan fingerprint density at radius 3 is 2.54 bits per heavy atom. The van der Waals surface area contributed by atoms with E-state index in [-0.39, 0.29) is 0 Å². The Morgan fingerprint density at radius 2 is 2.15 bits per heavy atom. The van der Waals surface area contributed by atoms with Gasteiger partial charge >= 0.3 is 0 Å². The Labute approximate surface area is 82.0 Å². The van der Waals surface area contributed by atoms with Crippen LogP contribution in [0.5, 0.6) is 0 Å². The predicted octanol–water partition coefficient (Wildman–Crippen LogP) is 4.10. The number of hydrogen-bond acceptors (Lipinski definition) is 0. The first-order valence-corrected chi connectivity index (χ1v) is 5.21. The third kappa shape index (κ3) is 2.35. The van der Waals surface area contributed by atoms with E-state index in [0.29, 0.717) is 5.92 Å². The molecule has 1 rings (SSSR count). The van der Waals surface area contributed by atoms with E-state index < -0.39 is 0 Å². The molecule has 0 heteroatoms. The maximum absolute atomic E-state index is 3.39. The van der Waals surface area contributed by atoms with Crippen LogP contribution in [-0.4, -0.2) is 0 Å². The molecule has 0 amide bonds. The molecule has 1 aliphatic carbocycles. The lowest BCUT2D eigenvalue weighted by atomic mass is 10.0. The Morgan fingerprint density at radius 1 is 1.62 bits per heavy atom. The van der Waals surface area contributed by atoms with Crippen molar-refractivity contribution in [3.63, 3.8) is 0 Å². The average Bonchev–Trinajstić information content (AvgIpc) is 2.69. The molecule has 0 heterocycles. The van der Waals surface area contributed by atoms with Crippen LogP contribution in [0.25, 0.3) is 0 Å². The fourth-order valence-electron chi connectivity index (χ4n) is 1.39. The minimum absolute atomic E-state index is 0.672. The van der Waals surface area contributed by atoms with Crippen molar-refractivity contribution in [1.82, 2.24) is 0 Å². The first-order chi connectivity index (χ1) is 6.07. The summed E-state index contributed by atoms with van der Waals surface area (Å²) >= 11 is 0. The molecule has 0 aromatic heterocycles. The third-order valence-corrected chi connectivity index (χ3v) is 3.29. The van der Waals surface area contributed by atoms with Crippen LogP contribution in [0, 0.1) is 11.8 Å². The fraction of sp³-hybridized carbons (Fsp3) is 0.615. The molecular weight excluding hydrogens is 156 g/mol. The second-order valence-electron chi connectivity index (χ2n) is 4.14. The van der Waals surface area contributed by atoms with Crippen LogP contribution in [0.1, 0.15) is 41.0 Å². The molecule has 1 aliphatic rings. The van der Waals surface area contributed by atoms with Crippen LogP contribution in [-0.2, 0) is 0 Å². The van der Waals surface area contributed by atoms with Crippen molar-refractivity contribution in [1.29, 1.82) is 0 Å². The lowest BCUT2D eigenvalue weighted by molar-refractivity contribution is 0.657. The van der Waals surface area contributed by atoms with E-state index in [1.165, 1.54) is 23.1 Å². The lowest BCUT2D eigenvalue weighted by Gasteiger charge is -2.04. The molecule has 0 N–H and O–H groups in total. The zero-order valence-corrected chi connectivity index (χ0v) is 9.44. The molecule has 0 bridgehead atoms. The molecule has 13 heavy (non-hydrogen) atoms. The summed E-state index contributed by atoms with van der Waals surface area (Å²) in [6.45, 7) is 11.1. The van der Waals surface area contributed by atoms with Crippen molar-refractivity contribution in [3.8, 4) is 0 Å². The zero-order valence-electron chi connectivity index (χ0n) is 9.44. The van der Waals surface area contributed by atoms with Gasteiger partial charge in [-0.3, -0.25) is 0 Å². The Balaban J connectivity index is 2.66. The van der Waals surface area contributed by atoms with Crippen molar-refractivity contribution in [2.24, 2.45) is 11.8 Å². The van der Waals surface area contributed by atoms with Crippen LogP contribution >= 0.6 is 0 Å². The molecule has 0 nitrogen and oxygen atoms in total. The highest BCUT2D eigenvalue weighted by Gasteiger charge is 2.24. The van der Waals surface area contributed by atoms with Crippen LogP contribution in [0.3, 0.4) is 0 Å². The first-order valence-electron chi connectivity index (χ1n) is 5.21. The van der Waals surface area contributed by atoms with Crippen molar-refractivity contribution in [2.45, 2.75) is 41.0 Å². The van der Waals surface area contributed by atoms with E-state index in [0.717, 1.165) is 5.92 Å². The van der Waals surface area contributed by atoms with Crippen molar-refractivity contribution >= 4 is 0 Å².